The SMILES string of the molecule is CCNC(=O)[C@@H](C)N(Cc1cccc(OC)c1)C(=O)CN(c1ccccc1F)S(C)(=O)=O. The number of anilines is 1. The van der Waals surface area contributed by atoms with Gasteiger partial charge in [-0.15, -0.1) is 0 Å². The van der Waals surface area contributed by atoms with Crippen LogP contribution in [0.15, 0.2) is 48.5 Å². The van der Waals surface area contributed by atoms with E-state index >= 15 is 0 Å². The molecule has 2 rings (SSSR count). The predicted octanol–water partition coefficient (Wildman–Crippen LogP) is 2.15. The highest BCUT2D eigenvalue weighted by atomic mass is 32.2. The van der Waals surface area contributed by atoms with Crippen LogP contribution in [0.4, 0.5) is 10.1 Å². The standard InChI is InChI=1S/C22H28FN3O5S/c1-5-24-22(28)16(2)25(14-17-9-8-10-18(13-17)31-3)21(27)15-26(32(4,29)30)20-12-7-6-11-19(20)23/h6-13,16H,5,14-15H2,1-4H3,(H,24,28)/t16-/m1/s1. The third-order valence-electron chi connectivity index (χ3n) is 4.81. The van der Waals surface area contributed by atoms with Gasteiger partial charge in [0.15, 0.2) is 0 Å². The molecule has 0 aliphatic rings. The molecule has 0 spiro atoms. The van der Waals surface area contributed by atoms with E-state index < -0.39 is 34.3 Å². The molecule has 0 aliphatic carbocycles. The van der Waals surface area contributed by atoms with Crippen LogP contribution in [-0.4, -0.2) is 57.6 Å². The lowest BCUT2D eigenvalue weighted by molar-refractivity contribution is -0.139. The number of amides is 2. The van der Waals surface area contributed by atoms with Crippen molar-refractivity contribution in [2.75, 3.05) is 30.8 Å². The molecule has 0 saturated heterocycles. The van der Waals surface area contributed by atoms with Gasteiger partial charge in [-0.1, -0.05) is 24.3 Å². The monoisotopic (exact) mass is 465 g/mol. The van der Waals surface area contributed by atoms with Gasteiger partial charge in [0.1, 0.15) is 24.2 Å². The number of carbonyl (C=O) groups is 2. The minimum absolute atomic E-state index is 0.0310. The molecule has 0 bridgehead atoms. The molecule has 0 saturated carbocycles. The van der Waals surface area contributed by atoms with E-state index in [1.807, 2.05) is 0 Å². The molecule has 32 heavy (non-hydrogen) atoms. The van der Waals surface area contributed by atoms with Crippen LogP contribution < -0.4 is 14.4 Å². The number of nitrogens with one attached hydrogen (secondary N) is 1. The number of ether oxygens (including phenoxy) is 1. The fourth-order valence-electron chi connectivity index (χ4n) is 3.12. The summed E-state index contributed by atoms with van der Waals surface area (Å²) < 4.78 is 45.0. The van der Waals surface area contributed by atoms with Gasteiger partial charge in [-0.05, 0) is 43.7 Å². The largest absolute Gasteiger partial charge is 0.497 e. The highest BCUT2D eigenvalue weighted by Crippen LogP contribution is 2.22. The minimum atomic E-state index is -3.98. The molecule has 0 radical (unpaired) electrons. The smallest absolute Gasteiger partial charge is 0.244 e. The van der Waals surface area contributed by atoms with Crippen molar-refractivity contribution in [3.05, 3.63) is 59.9 Å². The molecule has 174 valence electrons. The zero-order chi connectivity index (χ0) is 23.9. The quantitative estimate of drug-likeness (QED) is 0.580. The summed E-state index contributed by atoms with van der Waals surface area (Å²) in [7, 11) is -2.47. The maximum Gasteiger partial charge on any atom is 0.244 e. The van der Waals surface area contributed by atoms with Gasteiger partial charge in [-0.3, -0.25) is 13.9 Å². The highest BCUT2D eigenvalue weighted by molar-refractivity contribution is 7.92. The topological polar surface area (TPSA) is 96.0 Å². The number of likely N-dealkylation sites (N-methyl/N-ethyl adjacent to an activating group) is 1. The summed E-state index contributed by atoms with van der Waals surface area (Å²) in [6, 6.07) is 11.4. The van der Waals surface area contributed by atoms with Crippen LogP contribution >= 0.6 is 0 Å². The zero-order valence-electron chi connectivity index (χ0n) is 18.5. The van der Waals surface area contributed by atoms with Crippen molar-refractivity contribution in [2.45, 2.75) is 26.4 Å². The molecule has 0 aliphatic heterocycles. The second-order valence-electron chi connectivity index (χ2n) is 7.16. The summed E-state index contributed by atoms with van der Waals surface area (Å²) in [5.74, 6) is -1.24. The van der Waals surface area contributed by atoms with Gasteiger partial charge in [0.2, 0.25) is 21.8 Å². The molecule has 1 atom stereocenters. The number of sulfonamides is 1. The third kappa shape index (κ3) is 6.43. The van der Waals surface area contributed by atoms with Crippen LogP contribution in [0.5, 0.6) is 5.75 Å². The molecule has 0 unspecified atom stereocenters. The Bertz CT molecular complexity index is 1060. The molecule has 1 N–H and O–H groups in total. The molecule has 8 nitrogen and oxygen atoms in total. The lowest BCUT2D eigenvalue weighted by atomic mass is 10.1. The van der Waals surface area contributed by atoms with Crippen LogP contribution in [0.2, 0.25) is 0 Å². The molecule has 0 fully saturated rings. The van der Waals surface area contributed by atoms with Crippen LogP contribution in [0.1, 0.15) is 19.4 Å². The highest BCUT2D eigenvalue weighted by Gasteiger charge is 2.30. The zero-order valence-corrected chi connectivity index (χ0v) is 19.4. The molecule has 2 aromatic rings. The van der Waals surface area contributed by atoms with Crippen LogP contribution in [0.3, 0.4) is 0 Å². The maximum absolute atomic E-state index is 14.3. The number of rotatable bonds is 10. The number of hydrogen-bond donors (Lipinski definition) is 1. The number of methoxy groups -OCH3 is 1. The Hall–Kier alpha value is -3.14. The molecule has 2 aromatic carbocycles. The number of benzene rings is 2. The van der Waals surface area contributed by atoms with E-state index in [1.54, 1.807) is 38.1 Å². The van der Waals surface area contributed by atoms with Crippen LogP contribution in [0, 0.1) is 5.82 Å². The Morgan fingerprint density at radius 3 is 2.44 bits per heavy atom. The molecular formula is C22H28FN3O5S. The first kappa shape index (κ1) is 25.1. The molecule has 0 heterocycles. The molecule has 10 heteroatoms. The van der Waals surface area contributed by atoms with Crippen molar-refractivity contribution in [1.82, 2.24) is 10.2 Å². The average Bonchev–Trinajstić information content (AvgIpc) is 2.75. The number of para-hydroxylation sites is 1. The van der Waals surface area contributed by atoms with E-state index in [1.165, 1.54) is 30.2 Å². The fraction of sp³-hybridized carbons (Fsp3) is 0.364. The molecular weight excluding hydrogens is 437 g/mol. The lowest BCUT2D eigenvalue weighted by Gasteiger charge is -2.31. The van der Waals surface area contributed by atoms with E-state index in [4.69, 9.17) is 4.74 Å². The second-order valence-corrected chi connectivity index (χ2v) is 9.07. The van der Waals surface area contributed by atoms with Crippen LogP contribution in [0.25, 0.3) is 0 Å². The minimum Gasteiger partial charge on any atom is -0.497 e. The van der Waals surface area contributed by atoms with Crippen molar-refractivity contribution in [2.24, 2.45) is 0 Å². The summed E-state index contributed by atoms with van der Waals surface area (Å²) in [4.78, 5) is 27.0. The molecule has 2 amide bonds. The van der Waals surface area contributed by atoms with Gasteiger partial charge in [0.05, 0.1) is 19.1 Å². The van der Waals surface area contributed by atoms with Crippen LogP contribution in [-0.2, 0) is 26.2 Å². The average molecular weight is 466 g/mol. The Morgan fingerprint density at radius 2 is 1.84 bits per heavy atom. The van der Waals surface area contributed by atoms with Gasteiger partial charge in [0, 0.05) is 13.1 Å². The van der Waals surface area contributed by atoms with Crippen molar-refractivity contribution < 1.29 is 27.1 Å². The number of hydrogen-bond acceptors (Lipinski definition) is 5. The summed E-state index contributed by atoms with van der Waals surface area (Å²) in [6.07, 6.45) is 0.895. The Morgan fingerprint density at radius 1 is 1.16 bits per heavy atom. The van der Waals surface area contributed by atoms with E-state index in [2.05, 4.69) is 5.32 Å². The van der Waals surface area contributed by atoms with Crippen molar-refractivity contribution in [3.8, 4) is 5.75 Å². The van der Waals surface area contributed by atoms with Gasteiger partial charge >= 0.3 is 0 Å². The fourth-order valence-corrected chi connectivity index (χ4v) is 3.97. The number of nitrogens with zero attached hydrogens (tertiary/aromatic N) is 2. The van der Waals surface area contributed by atoms with E-state index in [-0.39, 0.29) is 18.1 Å². The van der Waals surface area contributed by atoms with E-state index in [0.29, 0.717) is 22.2 Å². The third-order valence-corrected chi connectivity index (χ3v) is 5.93. The summed E-state index contributed by atoms with van der Waals surface area (Å²) in [5, 5.41) is 2.66. The molecule has 0 aromatic heterocycles. The second kappa shape index (κ2) is 10.9. The summed E-state index contributed by atoms with van der Waals surface area (Å²) >= 11 is 0. The Labute approximate surface area is 188 Å². The lowest BCUT2D eigenvalue weighted by Crippen LogP contribution is -2.51. The van der Waals surface area contributed by atoms with E-state index in [9.17, 15) is 22.4 Å². The summed E-state index contributed by atoms with van der Waals surface area (Å²) in [5.41, 5.74) is 0.445. The van der Waals surface area contributed by atoms with Gasteiger partial charge < -0.3 is 15.0 Å². The normalized spacial score (nSPS) is 12.0. The first-order valence-corrected chi connectivity index (χ1v) is 11.9. The first-order chi connectivity index (χ1) is 15.1. The summed E-state index contributed by atoms with van der Waals surface area (Å²) in [6.45, 7) is 3.05. The van der Waals surface area contributed by atoms with Gasteiger partial charge in [-0.2, -0.15) is 0 Å². The maximum atomic E-state index is 14.3. The Kier molecular flexibility index (Phi) is 8.59. The van der Waals surface area contributed by atoms with E-state index in [0.717, 1.165) is 12.3 Å². The predicted molar refractivity (Wildman–Crippen MR) is 120 cm³/mol. The number of halogens is 1. The van der Waals surface area contributed by atoms with Crippen molar-refractivity contribution >= 4 is 27.5 Å². The Balaban J connectivity index is 2.40. The van der Waals surface area contributed by atoms with Gasteiger partial charge in [0.25, 0.3) is 0 Å². The van der Waals surface area contributed by atoms with Crippen molar-refractivity contribution in [1.29, 1.82) is 0 Å². The van der Waals surface area contributed by atoms with Crippen molar-refractivity contribution in [3.63, 3.8) is 0 Å². The van der Waals surface area contributed by atoms with Gasteiger partial charge in [-0.25, -0.2) is 12.8 Å². The number of carbonyl (C=O) groups excluding carboxylic acids is 2. The first-order valence-electron chi connectivity index (χ1n) is 10.0.